The van der Waals surface area contributed by atoms with Gasteiger partial charge in [0.2, 0.25) is 0 Å². The molecule has 0 spiro atoms. The van der Waals surface area contributed by atoms with Crippen molar-refractivity contribution in [3.05, 3.63) is 20.8 Å². The molecule has 2 rings (SSSR count). The molecule has 1 heterocycles. The van der Waals surface area contributed by atoms with Gasteiger partial charge in [0, 0.05) is 26.7 Å². The molecule has 1 aliphatic rings. The molecular formula is C10H14BrNS. The summed E-state index contributed by atoms with van der Waals surface area (Å²) >= 11 is 5.35. The minimum Gasteiger partial charge on any atom is -0.330 e. The summed E-state index contributed by atoms with van der Waals surface area (Å²) in [4.78, 5) is 1.47. The predicted molar refractivity (Wildman–Crippen MR) is 61.2 cm³/mol. The average molecular weight is 260 g/mol. The van der Waals surface area contributed by atoms with Gasteiger partial charge < -0.3 is 5.73 Å². The fourth-order valence-electron chi connectivity index (χ4n) is 2.19. The van der Waals surface area contributed by atoms with Gasteiger partial charge in [0.1, 0.15) is 0 Å². The number of thiophene rings is 1. The second-order valence-corrected chi connectivity index (χ2v) is 5.65. The molecule has 0 bridgehead atoms. The Morgan fingerprint density at radius 1 is 1.46 bits per heavy atom. The van der Waals surface area contributed by atoms with Crippen LogP contribution in [0.3, 0.4) is 0 Å². The molecular weight excluding hydrogens is 246 g/mol. The van der Waals surface area contributed by atoms with E-state index in [2.05, 4.69) is 27.4 Å². The van der Waals surface area contributed by atoms with Crippen LogP contribution >= 0.6 is 27.3 Å². The van der Waals surface area contributed by atoms with Gasteiger partial charge in [-0.25, -0.2) is 0 Å². The van der Waals surface area contributed by atoms with Crippen molar-refractivity contribution in [2.24, 2.45) is 5.73 Å². The van der Waals surface area contributed by atoms with Gasteiger partial charge in [-0.1, -0.05) is 12.8 Å². The van der Waals surface area contributed by atoms with Crippen molar-refractivity contribution in [2.75, 3.05) is 6.54 Å². The molecule has 0 saturated heterocycles. The Labute approximate surface area is 91.5 Å². The van der Waals surface area contributed by atoms with Crippen LogP contribution in [0, 0.1) is 0 Å². The second-order valence-electron chi connectivity index (χ2n) is 3.82. The maximum Gasteiger partial charge on any atom is 0.0285 e. The number of rotatable bonds is 2. The molecule has 13 heavy (non-hydrogen) atoms. The maximum absolute atomic E-state index is 5.90. The quantitative estimate of drug-likeness (QED) is 0.867. The van der Waals surface area contributed by atoms with Gasteiger partial charge in [0.15, 0.2) is 0 Å². The molecule has 72 valence electrons. The van der Waals surface area contributed by atoms with E-state index in [1.807, 2.05) is 11.3 Å². The van der Waals surface area contributed by atoms with Crippen molar-refractivity contribution >= 4 is 27.3 Å². The number of halogens is 1. The fraction of sp³-hybridized carbons (Fsp3) is 0.600. The maximum atomic E-state index is 5.90. The highest BCUT2D eigenvalue weighted by atomic mass is 79.9. The third-order valence-corrected chi connectivity index (χ3v) is 4.98. The lowest BCUT2D eigenvalue weighted by Crippen LogP contribution is -2.30. The Morgan fingerprint density at radius 3 is 2.62 bits per heavy atom. The SMILES string of the molecule is NCC1(c2cc(Br)cs2)CCCC1. The summed E-state index contributed by atoms with van der Waals surface area (Å²) in [5.74, 6) is 0. The predicted octanol–water partition coefficient (Wildman–Crippen LogP) is 3.28. The summed E-state index contributed by atoms with van der Waals surface area (Å²) in [6, 6.07) is 2.24. The third kappa shape index (κ3) is 1.69. The van der Waals surface area contributed by atoms with E-state index in [9.17, 15) is 0 Å². The molecule has 0 atom stereocenters. The summed E-state index contributed by atoms with van der Waals surface area (Å²) in [7, 11) is 0. The van der Waals surface area contributed by atoms with E-state index in [0.29, 0.717) is 5.41 Å². The fourth-order valence-corrected chi connectivity index (χ4v) is 3.89. The molecule has 2 N–H and O–H groups in total. The lowest BCUT2D eigenvalue weighted by atomic mass is 9.85. The van der Waals surface area contributed by atoms with Gasteiger partial charge in [-0.2, -0.15) is 0 Å². The molecule has 1 nitrogen and oxygen atoms in total. The highest BCUT2D eigenvalue weighted by Crippen LogP contribution is 2.43. The van der Waals surface area contributed by atoms with Gasteiger partial charge >= 0.3 is 0 Å². The summed E-state index contributed by atoms with van der Waals surface area (Å²) in [5.41, 5.74) is 6.22. The van der Waals surface area contributed by atoms with Crippen LogP contribution in [0.15, 0.2) is 15.9 Å². The molecule has 1 aromatic rings. The summed E-state index contributed by atoms with van der Waals surface area (Å²) in [5, 5.41) is 2.16. The first kappa shape index (κ1) is 9.69. The van der Waals surface area contributed by atoms with Crippen molar-refractivity contribution in [1.82, 2.24) is 0 Å². The van der Waals surface area contributed by atoms with Crippen LogP contribution in [-0.2, 0) is 5.41 Å². The van der Waals surface area contributed by atoms with Crippen molar-refractivity contribution in [3.8, 4) is 0 Å². The van der Waals surface area contributed by atoms with Crippen LogP contribution in [0.4, 0.5) is 0 Å². The van der Waals surface area contributed by atoms with E-state index in [4.69, 9.17) is 5.73 Å². The Bertz CT molecular complexity index is 289. The summed E-state index contributed by atoms with van der Waals surface area (Å²) in [6.45, 7) is 0.806. The first-order chi connectivity index (χ1) is 6.27. The number of hydrogen-bond donors (Lipinski definition) is 1. The lowest BCUT2D eigenvalue weighted by molar-refractivity contribution is 0.462. The van der Waals surface area contributed by atoms with Crippen LogP contribution in [0.5, 0.6) is 0 Å². The lowest BCUT2D eigenvalue weighted by Gasteiger charge is -2.25. The topological polar surface area (TPSA) is 26.0 Å². The van der Waals surface area contributed by atoms with Crippen molar-refractivity contribution in [1.29, 1.82) is 0 Å². The van der Waals surface area contributed by atoms with E-state index in [-0.39, 0.29) is 0 Å². The van der Waals surface area contributed by atoms with Crippen LogP contribution in [0.1, 0.15) is 30.6 Å². The van der Waals surface area contributed by atoms with Gasteiger partial charge in [-0.05, 0) is 34.8 Å². The molecule has 0 aromatic carbocycles. The molecule has 0 amide bonds. The molecule has 0 unspecified atom stereocenters. The van der Waals surface area contributed by atoms with Gasteiger partial charge in [0.25, 0.3) is 0 Å². The molecule has 3 heteroatoms. The third-order valence-electron chi connectivity index (χ3n) is 3.04. The normalized spacial score (nSPS) is 20.8. The van der Waals surface area contributed by atoms with Crippen LogP contribution in [0.2, 0.25) is 0 Å². The van der Waals surface area contributed by atoms with Gasteiger partial charge in [-0.15, -0.1) is 11.3 Å². The number of nitrogens with two attached hydrogens (primary N) is 1. The van der Waals surface area contributed by atoms with Crippen molar-refractivity contribution in [2.45, 2.75) is 31.1 Å². The summed E-state index contributed by atoms with van der Waals surface area (Å²) in [6.07, 6.45) is 5.23. The zero-order valence-electron chi connectivity index (χ0n) is 7.55. The first-order valence-corrected chi connectivity index (χ1v) is 6.39. The minimum atomic E-state index is 0.316. The second kappa shape index (κ2) is 3.71. The average Bonchev–Trinajstić information content (AvgIpc) is 2.73. The van der Waals surface area contributed by atoms with Crippen LogP contribution in [0.25, 0.3) is 0 Å². The van der Waals surface area contributed by atoms with E-state index >= 15 is 0 Å². The summed E-state index contributed by atoms with van der Waals surface area (Å²) < 4.78 is 1.20. The van der Waals surface area contributed by atoms with Crippen LogP contribution < -0.4 is 5.73 Å². The van der Waals surface area contributed by atoms with E-state index in [1.165, 1.54) is 35.0 Å². The molecule has 0 aliphatic heterocycles. The highest BCUT2D eigenvalue weighted by Gasteiger charge is 2.35. The Hall–Kier alpha value is 0.140. The van der Waals surface area contributed by atoms with Crippen LogP contribution in [-0.4, -0.2) is 6.54 Å². The van der Waals surface area contributed by atoms with E-state index in [0.717, 1.165) is 6.54 Å². The molecule has 1 saturated carbocycles. The largest absolute Gasteiger partial charge is 0.330 e. The standard InChI is InChI=1S/C10H14BrNS/c11-8-5-9(13-6-8)10(7-12)3-1-2-4-10/h5-6H,1-4,7,12H2. The zero-order chi connectivity index (χ0) is 9.31. The minimum absolute atomic E-state index is 0.316. The first-order valence-electron chi connectivity index (χ1n) is 4.71. The Morgan fingerprint density at radius 2 is 2.15 bits per heavy atom. The highest BCUT2D eigenvalue weighted by molar-refractivity contribution is 9.10. The number of hydrogen-bond acceptors (Lipinski definition) is 2. The van der Waals surface area contributed by atoms with E-state index in [1.54, 1.807) is 0 Å². The smallest absolute Gasteiger partial charge is 0.0285 e. The monoisotopic (exact) mass is 259 g/mol. The van der Waals surface area contributed by atoms with E-state index < -0.39 is 0 Å². The zero-order valence-corrected chi connectivity index (χ0v) is 9.96. The molecule has 1 aromatic heterocycles. The van der Waals surface area contributed by atoms with Crippen molar-refractivity contribution < 1.29 is 0 Å². The Kier molecular flexibility index (Phi) is 2.77. The van der Waals surface area contributed by atoms with Crippen molar-refractivity contribution in [3.63, 3.8) is 0 Å². The molecule has 1 fully saturated rings. The van der Waals surface area contributed by atoms with Gasteiger partial charge in [-0.3, -0.25) is 0 Å². The molecule has 1 aliphatic carbocycles. The molecule has 0 radical (unpaired) electrons. The Balaban J connectivity index is 2.30. The van der Waals surface area contributed by atoms with Gasteiger partial charge in [0.05, 0.1) is 0 Å².